The van der Waals surface area contributed by atoms with Gasteiger partial charge in [-0.25, -0.2) is 13.6 Å². The number of aromatic nitrogens is 2. The molecule has 0 spiro atoms. The Morgan fingerprint density at radius 3 is 2.64 bits per heavy atom. The third-order valence-electron chi connectivity index (χ3n) is 4.19. The lowest BCUT2D eigenvalue weighted by Crippen LogP contribution is -2.15. The molecule has 0 aliphatic rings. The Morgan fingerprint density at radius 2 is 1.84 bits per heavy atom. The van der Waals surface area contributed by atoms with Gasteiger partial charge in [-0.05, 0) is 42.0 Å². The van der Waals surface area contributed by atoms with Crippen molar-refractivity contribution < 1.29 is 8.42 Å². The Hall–Kier alpha value is -2.41. The van der Waals surface area contributed by atoms with Crippen LogP contribution in [0.4, 0.5) is 0 Å². The topological polar surface area (TPSA) is 78.0 Å². The van der Waals surface area contributed by atoms with Crippen LogP contribution in [0.15, 0.2) is 65.7 Å². The molecule has 2 N–H and O–H groups in total. The van der Waals surface area contributed by atoms with Crippen LogP contribution >= 0.6 is 11.6 Å². The van der Waals surface area contributed by atoms with Crippen LogP contribution in [0.3, 0.4) is 0 Å². The number of benzene rings is 2. The monoisotopic (exact) mass is 371 g/mol. The molecule has 7 heteroatoms. The molecule has 0 saturated carbocycles. The molecule has 25 heavy (non-hydrogen) atoms. The molecule has 4 aromatic rings. The molecule has 0 radical (unpaired) electrons. The summed E-state index contributed by atoms with van der Waals surface area (Å²) in [5, 5.41) is 6.92. The van der Waals surface area contributed by atoms with E-state index in [9.17, 15) is 8.42 Å². The summed E-state index contributed by atoms with van der Waals surface area (Å²) in [4.78, 5) is 4.59. The number of fused-ring (bicyclic) bond motifs is 3. The van der Waals surface area contributed by atoms with E-state index in [1.165, 1.54) is 6.07 Å². The van der Waals surface area contributed by atoms with Gasteiger partial charge in [-0.2, -0.15) is 0 Å². The van der Waals surface area contributed by atoms with Gasteiger partial charge in [-0.15, -0.1) is 0 Å². The minimum atomic E-state index is -3.80. The van der Waals surface area contributed by atoms with Crippen LogP contribution in [0.1, 0.15) is 5.56 Å². The molecule has 4 rings (SSSR count). The van der Waals surface area contributed by atoms with Gasteiger partial charge in [0.15, 0.2) is 0 Å². The fourth-order valence-corrected chi connectivity index (χ4v) is 4.08. The average Bonchev–Trinajstić information content (AvgIpc) is 2.88. The highest BCUT2D eigenvalue weighted by Gasteiger charge is 2.17. The lowest BCUT2D eigenvalue weighted by Gasteiger charge is -2.11. The maximum Gasteiger partial charge on any atom is 0.238 e. The van der Waals surface area contributed by atoms with Gasteiger partial charge in [0.1, 0.15) is 0 Å². The summed E-state index contributed by atoms with van der Waals surface area (Å²) in [5.41, 5.74) is 3.29. The molecular weight excluding hydrogens is 358 g/mol. The van der Waals surface area contributed by atoms with E-state index >= 15 is 0 Å². The summed E-state index contributed by atoms with van der Waals surface area (Å²) >= 11 is 6.14. The van der Waals surface area contributed by atoms with E-state index in [1.807, 2.05) is 34.9 Å². The van der Waals surface area contributed by atoms with Crippen LogP contribution < -0.4 is 5.14 Å². The average molecular weight is 372 g/mol. The largest absolute Gasteiger partial charge is 0.335 e. The Labute approximate surface area is 149 Å². The molecule has 2 aromatic heterocycles. The Bertz CT molecular complexity index is 1220. The normalized spacial score (nSPS) is 12.1. The van der Waals surface area contributed by atoms with Gasteiger partial charge in [0.05, 0.1) is 21.4 Å². The summed E-state index contributed by atoms with van der Waals surface area (Å²) in [6, 6.07) is 16.2. The number of pyridine rings is 1. The van der Waals surface area contributed by atoms with Crippen LogP contribution in [-0.4, -0.2) is 18.0 Å². The quantitative estimate of drug-likeness (QED) is 0.598. The number of nitrogens with two attached hydrogens (primary N) is 1. The van der Waals surface area contributed by atoms with Gasteiger partial charge >= 0.3 is 0 Å². The van der Waals surface area contributed by atoms with Gasteiger partial charge in [0, 0.05) is 23.2 Å². The maximum absolute atomic E-state index is 11.9. The lowest BCUT2D eigenvalue weighted by atomic mass is 10.2. The van der Waals surface area contributed by atoms with Crippen molar-refractivity contribution in [1.82, 2.24) is 9.55 Å². The number of hydrogen-bond donors (Lipinski definition) is 1. The van der Waals surface area contributed by atoms with Crippen LogP contribution in [-0.2, 0) is 16.6 Å². The van der Waals surface area contributed by atoms with E-state index in [1.54, 1.807) is 24.4 Å². The third-order valence-corrected chi connectivity index (χ3v) is 5.44. The lowest BCUT2D eigenvalue weighted by molar-refractivity contribution is 0.596. The first kappa shape index (κ1) is 16.1. The van der Waals surface area contributed by atoms with Crippen molar-refractivity contribution in [2.24, 2.45) is 5.14 Å². The summed E-state index contributed by atoms with van der Waals surface area (Å²) in [6.45, 7) is 0.361. The number of primary sulfonamides is 1. The van der Waals surface area contributed by atoms with Crippen molar-refractivity contribution in [2.45, 2.75) is 11.4 Å². The van der Waals surface area contributed by atoms with Crippen molar-refractivity contribution in [3.63, 3.8) is 0 Å². The van der Waals surface area contributed by atoms with Crippen molar-refractivity contribution in [3.05, 3.63) is 71.4 Å². The Morgan fingerprint density at radius 1 is 1.04 bits per heavy atom. The first-order chi connectivity index (χ1) is 11.9. The van der Waals surface area contributed by atoms with E-state index in [4.69, 9.17) is 16.7 Å². The van der Waals surface area contributed by atoms with Crippen molar-refractivity contribution in [3.8, 4) is 0 Å². The number of sulfonamides is 1. The molecular formula is C18H14ClN3O2S. The van der Waals surface area contributed by atoms with Gasteiger partial charge in [-0.1, -0.05) is 29.8 Å². The van der Waals surface area contributed by atoms with E-state index in [0.29, 0.717) is 17.1 Å². The van der Waals surface area contributed by atoms with Crippen molar-refractivity contribution in [2.75, 3.05) is 0 Å². The van der Waals surface area contributed by atoms with Gasteiger partial charge < -0.3 is 4.57 Å². The van der Waals surface area contributed by atoms with Gasteiger partial charge in [-0.3, -0.25) is 4.98 Å². The second-order valence-electron chi connectivity index (χ2n) is 5.77. The van der Waals surface area contributed by atoms with E-state index in [-0.39, 0.29) is 4.90 Å². The fraction of sp³-hybridized carbons (Fsp3) is 0.0556. The van der Waals surface area contributed by atoms with Gasteiger partial charge in [0.2, 0.25) is 10.0 Å². The highest BCUT2D eigenvalue weighted by Crippen LogP contribution is 2.31. The van der Waals surface area contributed by atoms with E-state index < -0.39 is 10.0 Å². The van der Waals surface area contributed by atoms with Crippen molar-refractivity contribution >= 4 is 43.6 Å². The molecule has 126 valence electrons. The number of halogens is 1. The summed E-state index contributed by atoms with van der Waals surface area (Å²) < 4.78 is 25.8. The minimum Gasteiger partial charge on any atom is -0.335 e. The molecule has 0 amide bonds. The Kier molecular flexibility index (Phi) is 3.76. The standard InChI is InChI=1S/C18H14ClN3O2S/c19-13-7-8-15-14(10-13)18-16(5-3-9-21-18)22(15)11-12-4-1-2-6-17(12)25(20,23)24/h1-10H,11H2,(H2,20,23,24). The summed E-state index contributed by atoms with van der Waals surface area (Å²) in [5.74, 6) is 0. The molecule has 0 aliphatic carbocycles. The summed E-state index contributed by atoms with van der Waals surface area (Å²) in [7, 11) is -3.80. The molecule has 0 bridgehead atoms. The zero-order valence-electron chi connectivity index (χ0n) is 13.1. The van der Waals surface area contributed by atoms with Crippen LogP contribution in [0, 0.1) is 0 Å². The SMILES string of the molecule is NS(=O)(=O)c1ccccc1Cn1c2ccc(Cl)cc2c2ncccc21. The molecule has 0 fully saturated rings. The maximum atomic E-state index is 11.9. The molecule has 2 aromatic carbocycles. The highest BCUT2D eigenvalue weighted by atomic mass is 35.5. The fourth-order valence-electron chi connectivity index (χ4n) is 3.14. The molecule has 0 saturated heterocycles. The van der Waals surface area contributed by atoms with Crippen LogP contribution in [0.2, 0.25) is 5.02 Å². The molecule has 5 nitrogen and oxygen atoms in total. The van der Waals surface area contributed by atoms with E-state index in [0.717, 1.165) is 21.9 Å². The number of nitrogens with zero attached hydrogens (tertiary/aromatic N) is 2. The first-order valence-electron chi connectivity index (χ1n) is 7.58. The summed E-state index contributed by atoms with van der Waals surface area (Å²) in [6.07, 6.45) is 1.73. The second-order valence-corrected chi connectivity index (χ2v) is 7.74. The second kappa shape index (κ2) is 5.84. The minimum absolute atomic E-state index is 0.128. The predicted octanol–water partition coefficient (Wildman–Crippen LogP) is 3.54. The zero-order chi connectivity index (χ0) is 17.6. The smallest absolute Gasteiger partial charge is 0.238 e. The number of hydrogen-bond acceptors (Lipinski definition) is 3. The van der Waals surface area contributed by atoms with Crippen molar-refractivity contribution in [1.29, 1.82) is 0 Å². The van der Waals surface area contributed by atoms with Crippen LogP contribution in [0.5, 0.6) is 0 Å². The number of rotatable bonds is 3. The predicted molar refractivity (Wildman–Crippen MR) is 99.2 cm³/mol. The van der Waals surface area contributed by atoms with Gasteiger partial charge in [0.25, 0.3) is 0 Å². The zero-order valence-corrected chi connectivity index (χ0v) is 14.6. The van der Waals surface area contributed by atoms with E-state index in [2.05, 4.69) is 4.98 Å². The first-order valence-corrected chi connectivity index (χ1v) is 9.51. The molecule has 0 atom stereocenters. The van der Waals surface area contributed by atoms with Crippen LogP contribution in [0.25, 0.3) is 21.9 Å². The Balaban J connectivity index is 1.99. The molecule has 2 heterocycles. The molecule has 0 aliphatic heterocycles. The molecule has 0 unspecified atom stereocenters. The highest BCUT2D eigenvalue weighted by molar-refractivity contribution is 7.89. The third kappa shape index (κ3) is 2.78.